The Balaban J connectivity index is 1.46. The van der Waals surface area contributed by atoms with Gasteiger partial charge in [0.1, 0.15) is 12.2 Å². The standard InChI is InChI=1S/C24H19N3O5S/c1-14-4-2-7-18(8-14)25-21(28)12-27-22(29)20(26-24(27)32)11-19-10-17(13-33-19)15-5-3-6-16(9-15)23(30)31/h2-11,13H,12H2,1H3,(H,25,28)(H,26,32)(H,30,31)/b20-11-. The number of anilines is 1. The van der Waals surface area contributed by atoms with Crippen LogP contribution in [0.3, 0.4) is 0 Å². The first kappa shape index (κ1) is 22.0. The molecule has 1 aliphatic rings. The number of carbonyl (C=O) groups excluding carboxylic acids is 3. The van der Waals surface area contributed by atoms with E-state index in [9.17, 15) is 19.2 Å². The smallest absolute Gasteiger partial charge is 0.335 e. The van der Waals surface area contributed by atoms with Crippen molar-refractivity contribution in [3.63, 3.8) is 0 Å². The SMILES string of the molecule is Cc1cccc(NC(=O)CN2C(=O)N/C(=C\c3cc(-c4cccc(C(=O)O)c4)cs3)C2=O)c1. The highest BCUT2D eigenvalue weighted by molar-refractivity contribution is 7.11. The summed E-state index contributed by atoms with van der Waals surface area (Å²) in [5.74, 6) is -2.09. The fourth-order valence-electron chi connectivity index (χ4n) is 3.34. The van der Waals surface area contributed by atoms with Crippen molar-refractivity contribution in [2.45, 2.75) is 6.92 Å². The second-order valence-corrected chi connectivity index (χ2v) is 8.36. The van der Waals surface area contributed by atoms with Crippen LogP contribution >= 0.6 is 11.3 Å². The lowest BCUT2D eigenvalue weighted by Gasteiger charge is -2.12. The lowest BCUT2D eigenvalue weighted by molar-refractivity contribution is -0.127. The molecule has 0 unspecified atom stereocenters. The lowest BCUT2D eigenvalue weighted by atomic mass is 10.1. The van der Waals surface area contributed by atoms with E-state index in [0.29, 0.717) is 10.6 Å². The Hall–Kier alpha value is -4.24. The molecular weight excluding hydrogens is 442 g/mol. The molecule has 0 spiro atoms. The minimum absolute atomic E-state index is 0.0658. The van der Waals surface area contributed by atoms with E-state index in [1.807, 2.05) is 18.4 Å². The topological polar surface area (TPSA) is 116 Å². The first-order chi connectivity index (χ1) is 15.8. The highest BCUT2D eigenvalue weighted by Crippen LogP contribution is 2.28. The van der Waals surface area contributed by atoms with Gasteiger partial charge in [-0.15, -0.1) is 11.3 Å². The van der Waals surface area contributed by atoms with Crippen LogP contribution in [0.5, 0.6) is 0 Å². The van der Waals surface area contributed by atoms with Gasteiger partial charge < -0.3 is 15.7 Å². The number of nitrogens with one attached hydrogen (secondary N) is 2. The zero-order chi connectivity index (χ0) is 23.5. The second-order valence-electron chi connectivity index (χ2n) is 7.42. The number of carboxylic acid groups (broad SMARTS) is 1. The maximum atomic E-state index is 12.7. The lowest BCUT2D eigenvalue weighted by Crippen LogP contribution is -2.38. The molecule has 1 aromatic heterocycles. The van der Waals surface area contributed by atoms with Crippen molar-refractivity contribution in [2.75, 3.05) is 11.9 Å². The maximum Gasteiger partial charge on any atom is 0.335 e. The number of hydrogen-bond donors (Lipinski definition) is 3. The Morgan fingerprint density at radius 1 is 1.09 bits per heavy atom. The number of amides is 4. The summed E-state index contributed by atoms with van der Waals surface area (Å²) in [7, 11) is 0. The Bertz CT molecular complexity index is 1310. The van der Waals surface area contributed by atoms with E-state index < -0.39 is 30.4 Å². The number of urea groups is 1. The van der Waals surface area contributed by atoms with Gasteiger partial charge in [0, 0.05) is 10.6 Å². The Morgan fingerprint density at radius 2 is 1.88 bits per heavy atom. The molecule has 9 heteroatoms. The van der Waals surface area contributed by atoms with Crippen molar-refractivity contribution in [2.24, 2.45) is 0 Å². The monoisotopic (exact) mass is 461 g/mol. The largest absolute Gasteiger partial charge is 0.478 e. The van der Waals surface area contributed by atoms with Crippen molar-refractivity contribution >= 4 is 46.9 Å². The molecule has 4 rings (SSSR count). The van der Waals surface area contributed by atoms with E-state index in [4.69, 9.17) is 5.11 Å². The first-order valence-corrected chi connectivity index (χ1v) is 10.8. The number of nitrogens with zero attached hydrogens (tertiary/aromatic N) is 1. The van der Waals surface area contributed by atoms with Crippen LogP contribution in [0, 0.1) is 6.92 Å². The molecule has 3 aromatic rings. The third-order valence-electron chi connectivity index (χ3n) is 4.92. The summed E-state index contributed by atoms with van der Waals surface area (Å²) in [6.07, 6.45) is 1.54. The Labute approximate surface area is 193 Å². The molecule has 0 aliphatic carbocycles. The van der Waals surface area contributed by atoms with Crippen molar-refractivity contribution in [3.8, 4) is 11.1 Å². The van der Waals surface area contributed by atoms with Crippen LogP contribution in [0.2, 0.25) is 0 Å². The predicted molar refractivity (Wildman–Crippen MR) is 125 cm³/mol. The van der Waals surface area contributed by atoms with E-state index in [0.717, 1.165) is 21.6 Å². The third-order valence-corrected chi connectivity index (χ3v) is 5.79. The predicted octanol–water partition coefficient (Wildman–Crippen LogP) is 3.95. The molecule has 4 amide bonds. The Kier molecular flexibility index (Phi) is 6.05. The van der Waals surface area contributed by atoms with Crippen LogP contribution in [0.1, 0.15) is 20.8 Å². The van der Waals surface area contributed by atoms with Crippen LogP contribution in [0.15, 0.2) is 65.7 Å². The fourth-order valence-corrected chi connectivity index (χ4v) is 4.18. The minimum Gasteiger partial charge on any atom is -0.478 e. The zero-order valence-corrected chi connectivity index (χ0v) is 18.3. The van der Waals surface area contributed by atoms with Gasteiger partial charge >= 0.3 is 12.0 Å². The molecule has 1 aliphatic heterocycles. The number of aryl methyl sites for hydroxylation is 1. The number of imide groups is 1. The molecule has 1 fully saturated rings. The van der Waals surface area contributed by atoms with Crippen molar-refractivity contribution in [1.29, 1.82) is 0 Å². The normalized spacial score (nSPS) is 14.5. The quantitative estimate of drug-likeness (QED) is 0.380. The van der Waals surface area contributed by atoms with Crippen LogP contribution in [0.4, 0.5) is 10.5 Å². The van der Waals surface area contributed by atoms with E-state index in [1.165, 1.54) is 23.5 Å². The van der Waals surface area contributed by atoms with E-state index in [-0.39, 0.29) is 11.3 Å². The second kappa shape index (κ2) is 9.09. The molecule has 0 atom stereocenters. The van der Waals surface area contributed by atoms with E-state index in [1.54, 1.807) is 42.5 Å². The van der Waals surface area contributed by atoms with Gasteiger partial charge in [-0.05, 0) is 65.4 Å². The van der Waals surface area contributed by atoms with Crippen molar-refractivity contribution in [3.05, 3.63) is 81.7 Å². The third kappa shape index (κ3) is 4.99. The van der Waals surface area contributed by atoms with Gasteiger partial charge in [0.15, 0.2) is 0 Å². The van der Waals surface area contributed by atoms with Crippen LogP contribution < -0.4 is 10.6 Å². The zero-order valence-electron chi connectivity index (χ0n) is 17.5. The van der Waals surface area contributed by atoms with Crippen molar-refractivity contribution < 1.29 is 24.3 Å². The summed E-state index contributed by atoms with van der Waals surface area (Å²) in [4.78, 5) is 50.0. The van der Waals surface area contributed by atoms with Gasteiger partial charge in [-0.1, -0.05) is 24.3 Å². The van der Waals surface area contributed by atoms with Crippen LogP contribution in [-0.4, -0.2) is 40.4 Å². The summed E-state index contributed by atoms with van der Waals surface area (Å²) in [5, 5.41) is 16.2. The fraction of sp³-hybridized carbons (Fsp3) is 0.0833. The van der Waals surface area contributed by atoms with E-state index >= 15 is 0 Å². The maximum absolute atomic E-state index is 12.7. The molecular formula is C24H19N3O5S. The number of carboxylic acids is 1. The van der Waals surface area contributed by atoms with Gasteiger partial charge in [0.25, 0.3) is 5.91 Å². The molecule has 8 nitrogen and oxygen atoms in total. The average molecular weight is 461 g/mol. The number of aromatic carboxylic acids is 1. The molecule has 1 saturated heterocycles. The molecule has 33 heavy (non-hydrogen) atoms. The van der Waals surface area contributed by atoms with Gasteiger partial charge in [0.2, 0.25) is 5.91 Å². The number of rotatable bonds is 6. The molecule has 3 N–H and O–H groups in total. The molecule has 0 saturated carbocycles. The summed E-state index contributed by atoms with van der Waals surface area (Å²) < 4.78 is 0. The Morgan fingerprint density at radius 3 is 2.64 bits per heavy atom. The molecule has 2 aromatic carbocycles. The molecule has 2 heterocycles. The summed E-state index contributed by atoms with van der Waals surface area (Å²) >= 11 is 1.34. The number of thiophene rings is 1. The summed E-state index contributed by atoms with van der Waals surface area (Å²) in [5.41, 5.74) is 3.32. The average Bonchev–Trinajstić information content (AvgIpc) is 3.34. The van der Waals surface area contributed by atoms with Crippen molar-refractivity contribution in [1.82, 2.24) is 10.2 Å². The van der Waals surface area contributed by atoms with Gasteiger partial charge in [0.05, 0.1) is 5.56 Å². The first-order valence-electron chi connectivity index (χ1n) is 9.93. The van der Waals surface area contributed by atoms with E-state index in [2.05, 4.69) is 10.6 Å². The molecule has 0 bridgehead atoms. The molecule has 166 valence electrons. The minimum atomic E-state index is -1.01. The molecule has 0 radical (unpaired) electrons. The van der Waals surface area contributed by atoms with Gasteiger partial charge in [-0.2, -0.15) is 0 Å². The van der Waals surface area contributed by atoms with Crippen LogP contribution in [0.25, 0.3) is 17.2 Å². The number of hydrogen-bond acceptors (Lipinski definition) is 5. The summed E-state index contributed by atoms with van der Waals surface area (Å²) in [6.45, 7) is 1.48. The highest BCUT2D eigenvalue weighted by atomic mass is 32.1. The summed E-state index contributed by atoms with van der Waals surface area (Å²) in [6, 6.07) is 14.9. The van der Waals surface area contributed by atoms with Gasteiger partial charge in [-0.3, -0.25) is 9.59 Å². The van der Waals surface area contributed by atoms with Gasteiger partial charge in [-0.25, -0.2) is 14.5 Å². The number of benzene rings is 2. The van der Waals surface area contributed by atoms with Crippen LogP contribution in [-0.2, 0) is 9.59 Å². The number of carbonyl (C=O) groups is 4. The highest BCUT2D eigenvalue weighted by Gasteiger charge is 2.35.